The monoisotopic (exact) mass is 272 g/mol. The van der Waals surface area contributed by atoms with Crippen molar-refractivity contribution in [3.63, 3.8) is 0 Å². The van der Waals surface area contributed by atoms with E-state index in [1.807, 2.05) is 0 Å². The fourth-order valence-corrected chi connectivity index (χ4v) is 1.74. The molecule has 0 saturated heterocycles. The summed E-state index contributed by atoms with van der Waals surface area (Å²) >= 11 is 0. The molecule has 0 aliphatic carbocycles. The lowest BCUT2D eigenvalue weighted by Gasteiger charge is -2.21. The molecular weight excluding hydrogens is 260 g/mol. The second-order valence-corrected chi connectivity index (χ2v) is 3.82. The van der Waals surface area contributed by atoms with Crippen LogP contribution in [0.2, 0.25) is 0 Å². The first-order chi connectivity index (χ1) is 9.65. The van der Waals surface area contributed by atoms with Crippen molar-refractivity contribution in [3.05, 3.63) is 54.2 Å². The highest BCUT2D eigenvalue weighted by Gasteiger charge is 2.24. The highest BCUT2D eigenvalue weighted by Crippen LogP contribution is 2.27. The van der Waals surface area contributed by atoms with E-state index in [-0.39, 0.29) is 17.1 Å². The number of methoxy groups -OCH3 is 1. The van der Waals surface area contributed by atoms with Crippen LogP contribution < -0.4 is 4.90 Å². The van der Waals surface area contributed by atoms with Gasteiger partial charge in [-0.2, -0.15) is 0 Å². The zero-order chi connectivity index (χ0) is 14.5. The van der Waals surface area contributed by atoms with E-state index in [1.54, 1.807) is 30.3 Å². The van der Waals surface area contributed by atoms with E-state index in [9.17, 15) is 14.7 Å². The number of pyridine rings is 1. The van der Waals surface area contributed by atoms with Gasteiger partial charge in [-0.05, 0) is 24.3 Å². The Kier molecular flexibility index (Phi) is 3.95. The molecule has 0 unspecified atom stereocenters. The molecule has 0 spiro atoms. The van der Waals surface area contributed by atoms with Crippen LogP contribution in [-0.2, 0) is 4.74 Å². The molecule has 102 valence electrons. The lowest BCUT2D eigenvalue weighted by molar-refractivity contribution is 0.0698. The number of anilines is 2. The number of carboxylic acids is 1. The first-order valence-electron chi connectivity index (χ1n) is 5.76. The second kappa shape index (κ2) is 5.83. The number of rotatable bonds is 3. The van der Waals surface area contributed by atoms with Crippen molar-refractivity contribution in [3.8, 4) is 0 Å². The number of benzene rings is 1. The first-order valence-corrected chi connectivity index (χ1v) is 5.76. The molecule has 0 radical (unpaired) electrons. The minimum Gasteiger partial charge on any atom is -0.478 e. The normalized spacial score (nSPS) is 9.85. The predicted octanol–water partition coefficient (Wildman–Crippen LogP) is 2.68. The SMILES string of the molecule is COC(=O)N(c1ccccn1)c1ccccc1C(=O)O. The Bertz CT molecular complexity index is 628. The molecular formula is C14H12N2O4. The van der Waals surface area contributed by atoms with Crippen LogP contribution in [0.4, 0.5) is 16.3 Å². The Morgan fingerprint density at radius 1 is 1.15 bits per heavy atom. The van der Waals surface area contributed by atoms with Crippen LogP contribution in [0.15, 0.2) is 48.7 Å². The Labute approximate surface area is 115 Å². The third kappa shape index (κ3) is 2.59. The van der Waals surface area contributed by atoms with Gasteiger partial charge in [0.1, 0.15) is 5.82 Å². The maximum absolute atomic E-state index is 12.0. The van der Waals surface area contributed by atoms with Crippen molar-refractivity contribution in [1.29, 1.82) is 0 Å². The molecule has 2 aromatic rings. The molecule has 0 aliphatic heterocycles. The van der Waals surface area contributed by atoms with E-state index >= 15 is 0 Å². The number of hydrogen-bond acceptors (Lipinski definition) is 4. The van der Waals surface area contributed by atoms with E-state index in [4.69, 9.17) is 4.74 Å². The molecule has 2 rings (SSSR count). The highest BCUT2D eigenvalue weighted by molar-refractivity contribution is 6.03. The summed E-state index contributed by atoms with van der Waals surface area (Å²) in [6.07, 6.45) is 0.798. The smallest absolute Gasteiger partial charge is 0.419 e. The van der Waals surface area contributed by atoms with Crippen molar-refractivity contribution < 1.29 is 19.4 Å². The molecule has 1 aromatic heterocycles. The zero-order valence-electron chi connectivity index (χ0n) is 10.7. The number of aromatic nitrogens is 1. The zero-order valence-corrected chi connectivity index (χ0v) is 10.7. The molecule has 1 N–H and O–H groups in total. The Balaban J connectivity index is 2.59. The number of aromatic carboxylic acids is 1. The van der Waals surface area contributed by atoms with Gasteiger partial charge in [-0.15, -0.1) is 0 Å². The van der Waals surface area contributed by atoms with Crippen molar-refractivity contribution >= 4 is 23.6 Å². The van der Waals surface area contributed by atoms with E-state index in [0.29, 0.717) is 0 Å². The van der Waals surface area contributed by atoms with Gasteiger partial charge in [0.25, 0.3) is 0 Å². The fourth-order valence-electron chi connectivity index (χ4n) is 1.74. The largest absolute Gasteiger partial charge is 0.478 e. The van der Waals surface area contributed by atoms with Crippen LogP contribution in [-0.4, -0.2) is 29.3 Å². The van der Waals surface area contributed by atoms with Crippen molar-refractivity contribution in [2.45, 2.75) is 0 Å². The maximum Gasteiger partial charge on any atom is 0.419 e. The standard InChI is InChI=1S/C14H12N2O4/c1-20-14(19)16(12-8-4-5-9-15-12)11-7-3-2-6-10(11)13(17)18/h2-9H,1H3,(H,17,18). The first kappa shape index (κ1) is 13.5. The minimum absolute atomic E-state index is 0.0106. The lowest BCUT2D eigenvalue weighted by Crippen LogP contribution is -2.28. The summed E-state index contributed by atoms with van der Waals surface area (Å²) in [5.41, 5.74) is 0.189. The van der Waals surface area contributed by atoms with Crippen molar-refractivity contribution in [2.75, 3.05) is 12.0 Å². The number of hydrogen-bond donors (Lipinski definition) is 1. The molecule has 0 saturated carbocycles. The number of nitrogens with zero attached hydrogens (tertiary/aromatic N) is 2. The topological polar surface area (TPSA) is 79.7 Å². The van der Waals surface area contributed by atoms with Gasteiger partial charge < -0.3 is 9.84 Å². The van der Waals surface area contributed by atoms with E-state index < -0.39 is 12.1 Å². The summed E-state index contributed by atoms with van der Waals surface area (Å²) in [4.78, 5) is 28.4. The third-order valence-electron chi connectivity index (χ3n) is 2.61. The second-order valence-electron chi connectivity index (χ2n) is 3.82. The summed E-state index contributed by atoms with van der Waals surface area (Å²) in [6.45, 7) is 0. The van der Waals surface area contributed by atoms with Crippen LogP contribution in [0.25, 0.3) is 0 Å². The molecule has 0 bridgehead atoms. The number of carbonyl (C=O) groups is 2. The van der Waals surface area contributed by atoms with Crippen LogP contribution in [0.3, 0.4) is 0 Å². The number of amides is 1. The summed E-state index contributed by atoms with van der Waals surface area (Å²) in [7, 11) is 1.22. The van der Waals surface area contributed by atoms with Gasteiger partial charge in [-0.1, -0.05) is 18.2 Å². The lowest BCUT2D eigenvalue weighted by atomic mass is 10.1. The quantitative estimate of drug-likeness (QED) is 0.929. The van der Waals surface area contributed by atoms with Crippen LogP contribution in [0.1, 0.15) is 10.4 Å². The molecule has 0 fully saturated rings. The van der Waals surface area contributed by atoms with E-state index in [2.05, 4.69) is 4.98 Å². The Morgan fingerprint density at radius 2 is 1.85 bits per heavy atom. The molecule has 1 heterocycles. The average Bonchev–Trinajstić information content (AvgIpc) is 2.48. The summed E-state index contributed by atoms with van der Waals surface area (Å²) in [5.74, 6) is -0.849. The molecule has 6 heteroatoms. The van der Waals surface area contributed by atoms with E-state index in [0.717, 1.165) is 4.90 Å². The average molecular weight is 272 g/mol. The maximum atomic E-state index is 12.0. The van der Waals surface area contributed by atoms with Crippen molar-refractivity contribution in [2.24, 2.45) is 0 Å². The van der Waals surface area contributed by atoms with Gasteiger partial charge in [-0.25, -0.2) is 19.5 Å². The fraction of sp³-hybridized carbons (Fsp3) is 0.0714. The van der Waals surface area contributed by atoms with Gasteiger partial charge in [0.2, 0.25) is 0 Å². The molecule has 0 aliphatic rings. The van der Waals surface area contributed by atoms with Crippen LogP contribution >= 0.6 is 0 Å². The van der Waals surface area contributed by atoms with Gasteiger partial charge in [0, 0.05) is 6.20 Å². The molecule has 0 atom stereocenters. The number of para-hydroxylation sites is 1. The highest BCUT2D eigenvalue weighted by atomic mass is 16.5. The molecule has 1 aromatic carbocycles. The third-order valence-corrected chi connectivity index (χ3v) is 2.61. The van der Waals surface area contributed by atoms with Gasteiger partial charge in [0.15, 0.2) is 0 Å². The summed E-state index contributed by atoms with van der Waals surface area (Å²) in [6, 6.07) is 11.1. The van der Waals surface area contributed by atoms with Gasteiger partial charge >= 0.3 is 12.1 Å². The molecule has 1 amide bonds. The summed E-state index contributed by atoms with van der Waals surface area (Å²) in [5, 5.41) is 9.22. The van der Waals surface area contributed by atoms with Gasteiger partial charge in [0.05, 0.1) is 18.4 Å². The number of carboxylic acid groups (broad SMARTS) is 1. The Morgan fingerprint density at radius 3 is 2.45 bits per heavy atom. The van der Waals surface area contributed by atoms with Crippen molar-refractivity contribution in [1.82, 2.24) is 4.98 Å². The molecule has 6 nitrogen and oxygen atoms in total. The van der Waals surface area contributed by atoms with Crippen LogP contribution in [0, 0.1) is 0 Å². The predicted molar refractivity (Wildman–Crippen MR) is 72.2 cm³/mol. The summed E-state index contributed by atoms with van der Waals surface area (Å²) < 4.78 is 4.71. The number of carbonyl (C=O) groups excluding carboxylic acids is 1. The minimum atomic E-state index is -1.13. The molecule has 20 heavy (non-hydrogen) atoms. The van der Waals surface area contributed by atoms with E-state index in [1.165, 1.54) is 25.4 Å². The van der Waals surface area contributed by atoms with Gasteiger partial charge in [-0.3, -0.25) is 0 Å². The Hall–Kier alpha value is -2.89. The number of ether oxygens (including phenoxy) is 1. The van der Waals surface area contributed by atoms with Crippen LogP contribution in [0.5, 0.6) is 0 Å².